The summed E-state index contributed by atoms with van der Waals surface area (Å²) >= 11 is 0. The number of aromatic nitrogens is 2. The Morgan fingerprint density at radius 3 is 2.52 bits per heavy atom. The van der Waals surface area contributed by atoms with Crippen LogP contribution in [0.15, 0.2) is 29.3 Å². The Morgan fingerprint density at radius 1 is 1.13 bits per heavy atom. The van der Waals surface area contributed by atoms with Gasteiger partial charge in [0, 0.05) is 38.5 Å². The van der Waals surface area contributed by atoms with E-state index in [1.54, 1.807) is 19.2 Å². The first-order valence-corrected chi connectivity index (χ1v) is 12.1. The van der Waals surface area contributed by atoms with Gasteiger partial charge in [-0.2, -0.15) is 0 Å². The minimum Gasteiger partial charge on any atom is -0.479 e. The molecule has 1 N–H and O–H groups in total. The van der Waals surface area contributed by atoms with Crippen LogP contribution in [0.4, 0.5) is 5.69 Å². The molecule has 2 aromatic rings. The number of ether oxygens (including phenoxy) is 2. The van der Waals surface area contributed by atoms with Gasteiger partial charge in [0.05, 0.1) is 12.8 Å². The molecule has 31 heavy (non-hydrogen) atoms. The standard InChI is InChI=1S/C22H30N4O4S/c1-26-12-8-16-14-19(21(29-2)24-18(16)9-13-26)25-31(27,28)17-6-7-20(23-15-17)22(30-3)10-4-5-11-22/h6-7,14-15,25H,4-5,8-13H2,1-3H3. The first kappa shape index (κ1) is 22.0. The van der Waals surface area contributed by atoms with E-state index in [9.17, 15) is 8.42 Å². The van der Waals surface area contributed by atoms with E-state index >= 15 is 0 Å². The van der Waals surface area contributed by atoms with Crippen molar-refractivity contribution in [2.75, 3.05) is 39.1 Å². The predicted molar refractivity (Wildman–Crippen MR) is 118 cm³/mol. The van der Waals surface area contributed by atoms with Gasteiger partial charge in [-0.15, -0.1) is 0 Å². The lowest BCUT2D eigenvalue weighted by Gasteiger charge is -2.26. The average Bonchev–Trinajstić information content (AvgIpc) is 3.20. The number of methoxy groups -OCH3 is 2. The molecule has 2 aromatic heterocycles. The van der Waals surface area contributed by atoms with Crippen LogP contribution in [0.1, 0.15) is 42.6 Å². The van der Waals surface area contributed by atoms with Gasteiger partial charge in [0.25, 0.3) is 10.0 Å². The van der Waals surface area contributed by atoms with E-state index in [4.69, 9.17) is 9.47 Å². The molecule has 0 unspecified atom stereocenters. The van der Waals surface area contributed by atoms with Gasteiger partial charge in [-0.3, -0.25) is 9.71 Å². The van der Waals surface area contributed by atoms with E-state index in [0.29, 0.717) is 5.69 Å². The van der Waals surface area contributed by atoms with Gasteiger partial charge in [0.15, 0.2) is 0 Å². The van der Waals surface area contributed by atoms with Crippen LogP contribution in [-0.4, -0.2) is 57.6 Å². The second-order valence-electron chi connectivity index (χ2n) is 8.34. The monoisotopic (exact) mass is 446 g/mol. The van der Waals surface area contributed by atoms with Crippen molar-refractivity contribution in [3.05, 3.63) is 41.3 Å². The SMILES string of the molecule is COc1nc2c(cc1NS(=O)(=O)c1ccc(C3(OC)CCCC3)nc1)CCN(C)CC2. The van der Waals surface area contributed by atoms with Crippen LogP contribution in [0, 0.1) is 0 Å². The second-order valence-corrected chi connectivity index (χ2v) is 10.0. The lowest BCUT2D eigenvalue weighted by atomic mass is 9.97. The van der Waals surface area contributed by atoms with Gasteiger partial charge < -0.3 is 14.4 Å². The quantitative estimate of drug-likeness (QED) is 0.729. The summed E-state index contributed by atoms with van der Waals surface area (Å²) < 4.78 is 39.9. The molecule has 0 bridgehead atoms. The number of fused-ring (bicyclic) bond motifs is 1. The number of pyridine rings is 2. The highest BCUT2D eigenvalue weighted by Crippen LogP contribution is 2.40. The molecule has 1 fully saturated rings. The Labute approximate surface area is 184 Å². The zero-order valence-corrected chi connectivity index (χ0v) is 19.2. The summed E-state index contributed by atoms with van der Waals surface area (Å²) in [7, 11) is 1.42. The molecule has 8 nitrogen and oxygen atoms in total. The molecular formula is C22H30N4O4S. The molecule has 0 atom stereocenters. The molecule has 0 saturated heterocycles. The largest absolute Gasteiger partial charge is 0.479 e. The van der Waals surface area contributed by atoms with Crippen molar-refractivity contribution in [1.29, 1.82) is 0 Å². The Kier molecular flexibility index (Phi) is 6.18. The van der Waals surface area contributed by atoms with E-state index in [1.165, 1.54) is 13.3 Å². The smallest absolute Gasteiger partial charge is 0.263 e. The maximum absolute atomic E-state index is 13.1. The highest BCUT2D eigenvalue weighted by molar-refractivity contribution is 7.92. The van der Waals surface area contributed by atoms with Crippen molar-refractivity contribution in [1.82, 2.24) is 14.9 Å². The normalized spacial score (nSPS) is 18.9. The molecule has 4 rings (SSSR count). The second kappa shape index (κ2) is 8.72. The molecule has 1 aliphatic heterocycles. The molecule has 0 aromatic carbocycles. The van der Waals surface area contributed by atoms with Crippen molar-refractivity contribution in [2.24, 2.45) is 0 Å². The van der Waals surface area contributed by atoms with Gasteiger partial charge in [-0.25, -0.2) is 13.4 Å². The predicted octanol–water partition coefficient (Wildman–Crippen LogP) is 2.73. The maximum atomic E-state index is 13.1. The topological polar surface area (TPSA) is 93.6 Å². The van der Waals surface area contributed by atoms with Gasteiger partial charge in [0.1, 0.15) is 16.2 Å². The third-order valence-electron chi connectivity index (χ3n) is 6.40. The van der Waals surface area contributed by atoms with Gasteiger partial charge in [-0.1, -0.05) is 12.8 Å². The molecule has 3 heterocycles. The minimum absolute atomic E-state index is 0.0947. The Hall–Kier alpha value is -2.23. The number of likely N-dealkylation sites (N-methyl/N-ethyl adjacent to an activating group) is 1. The Morgan fingerprint density at radius 2 is 1.87 bits per heavy atom. The van der Waals surface area contributed by atoms with Crippen LogP contribution in [0.25, 0.3) is 0 Å². The Bertz CT molecular complexity index is 1030. The Balaban J connectivity index is 1.60. The average molecular weight is 447 g/mol. The summed E-state index contributed by atoms with van der Waals surface area (Å²) in [5, 5.41) is 0. The van der Waals surface area contributed by atoms with E-state index in [-0.39, 0.29) is 10.8 Å². The molecule has 0 radical (unpaired) electrons. The van der Waals surface area contributed by atoms with Crippen molar-refractivity contribution in [3.8, 4) is 5.88 Å². The fourth-order valence-corrected chi connectivity index (χ4v) is 5.47. The summed E-state index contributed by atoms with van der Waals surface area (Å²) in [6, 6.07) is 5.19. The number of rotatable bonds is 6. The molecule has 1 aliphatic carbocycles. The fraction of sp³-hybridized carbons (Fsp3) is 0.545. The van der Waals surface area contributed by atoms with E-state index in [2.05, 4.69) is 26.6 Å². The van der Waals surface area contributed by atoms with Crippen LogP contribution in [-0.2, 0) is 33.2 Å². The fourth-order valence-electron chi connectivity index (χ4n) is 4.48. The molecular weight excluding hydrogens is 416 g/mol. The number of hydrogen-bond acceptors (Lipinski definition) is 7. The van der Waals surface area contributed by atoms with Crippen LogP contribution >= 0.6 is 0 Å². The first-order valence-electron chi connectivity index (χ1n) is 10.7. The maximum Gasteiger partial charge on any atom is 0.263 e. The van der Waals surface area contributed by atoms with Crippen LogP contribution in [0.2, 0.25) is 0 Å². The molecule has 168 valence electrons. The summed E-state index contributed by atoms with van der Waals surface area (Å²) in [4.78, 5) is 11.4. The summed E-state index contributed by atoms with van der Waals surface area (Å²) in [5.74, 6) is 0.278. The van der Waals surface area contributed by atoms with Crippen molar-refractivity contribution < 1.29 is 17.9 Å². The van der Waals surface area contributed by atoms with Crippen molar-refractivity contribution in [3.63, 3.8) is 0 Å². The molecule has 0 spiro atoms. The van der Waals surface area contributed by atoms with Crippen LogP contribution < -0.4 is 9.46 Å². The number of anilines is 1. The number of nitrogens with zero attached hydrogens (tertiary/aromatic N) is 3. The highest BCUT2D eigenvalue weighted by Gasteiger charge is 2.37. The lowest BCUT2D eigenvalue weighted by molar-refractivity contribution is -0.0124. The third kappa shape index (κ3) is 4.40. The van der Waals surface area contributed by atoms with E-state index in [1.807, 2.05) is 6.07 Å². The number of sulfonamides is 1. The van der Waals surface area contributed by atoms with Crippen molar-refractivity contribution in [2.45, 2.75) is 49.0 Å². The lowest BCUT2D eigenvalue weighted by Crippen LogP contribution is -2.26. The summed E-state index contributed by atoms with van der Waals surface area (Å²) in [6.45, 7) is 1.81. The van der Waals surface area contributed by atoms with E-state index in [0.717, 1.165) is 68.6 Å². The summed E-state index contributed by atoms with van der Waals surface area (Å²) in [5.41, 5.74) is 2.71. The van der Waals surface area contributed by atoms with Gasteiger partial charge in [0.2, 0.25) is 5.88 Å². The van der Waals surface area contributed by atoms with Crippen LogP contribution in [0.3, 0.4) is 0 Å². The molecule has 1 saturated carbocycles. The van der Waals surface area contributed by atoms with E-state index < -0.39 is 15.6 Å². The molecule has 9 heteroatoms. The molecule has 0 amide bonds. The number of hydrogen-bond donors (Lipinski definition) is 1. The summed E-state index contributed by atoms with van der Waals surface area (Å²) in [6.07, 6.45) is 6.97. The van der Waals surface area contributed by atoms with Gasteiger partial charge >= 0.3 is 0 Å². The van der Waals surface area contributed by atoms with Gasteiger partial charge in [-0.05, 0) is 50.1 Å². The minimum atomic E-state index is -3.84. The van der Waals surface area contributed by atoms with Crippen molar-refractivity contribution >= 4 is 15.7 Å². The third-order valence-corrected chi connectivity index (χ3v) is 7.75. The zero-order valence-electron chi connectivity index (χ0n) is 18.3. The molecule has 2 aliphatic rings. The highest BCUT2D eigenvalue weighted by atomic mass is 32.2. The van der Waals surface area contributed by atoms with Crippen LogP contribution in [0.5, 0.6) is 5.88 Å². The number of nitrogens with one attached hydrogen (secondary N) is 1. The zero-order chi connectivity index (χ0) is 22.1. The first-order chi connectivity index (χ1) is 14.9.